The maximum atomic E-state index is 12.2. The predicted octanol–water partition coefficient (Wildman–Crippen LogP) is 2.01. The predicted molar refractivity (Wildman–Crippen MR) is 93.5 cm³/mol. The van der Waals surface area contributed by atoms with Gasteiger partial charge in [-0.3, -0.25) is 9.69 Å². The zero-order valence-electron chi connectivity index (χ0n) is 14.4. The maximum absolute atomic E-state index is 12.2. The molecule has 1 heterocycles. The Bertz CT molecular complexity index is 478. The lowest BCUT2D eigenvalue weighted by Crippen LogP contribution is -2.48. The number of hydrogen-bond acceptors (Lipinski definition) is 4. The third kappa shape index (κ3) is 5.13. The van der Waals surface area contributed by atoms with Gasteiger partial charge in [0.2, 0.25) is 0 Å². The molecule has 0 saturated carbocycles. The van der Waals surface area contributed by atoms with Gasteiger partial charge in [-0.1, -0.05) is 37.3 Å². The Labute approximate surface area is 139 Å². The topological polar surface area (TPSA) is 52.6 Å². The second kappa shape index (κ2) is 9.16. The minimum atomic E-state index is -0.477. The van der Waals surface area contributed by atoms with Gasteiger partial charge in [-0.05, 0) is 44.8 Å². The Morgan fingerprint density at radius 1 is 1.39 bits per heavy atom. The van der Waals surface area contributed by atoms with Crippen molar-refractivity contribution in [2.45, 2.75) is 57.2 Å². The highest BCUT2D eigenvalue weighted by Gasteiger charge is 2.32. The first-order valence-corrected chi connectivity index (χ1v) is 8.81. The van der Waals surface area contributed by atoms with Crippen LogP contribution in [0.1, 0.15) is 38.2 Å². The van der Waals surface area contributed by atoms with E-state index in [9.17, 15) is 9.90 Å². The summed E-state index contributed by atoms with van der Waals surface area (Å²) in [7, 11) is 1.89. The van der Waals surface area contributed by atoms with Gasteiger partial charge in [0.1, 0.15) is 5.78 Å². The maximum Gasteiger partial charge on any atom is 0.149 e. The molecule has 2 N–H and O–H groups in total. The van der Waals surface area contributed by atoms with Gasteiger partial charge in [-0.15, -0.1) is 0 Å². The molecule has 1 aromatic rings. The number of carbonyl (C=O) groups excluding carboxylic acids is 1. The third-order valence-electron chi connectivity index (χ3n) is 4.79. The quantitative estimate of drug-likeness (QED) is 0.731. The van der Waals surface area contributed by atoms with Gasteiger partial charge < -0.3 is 10.4 Å². The van der Waals surface area contributed by atoms with Crippen molar-refractivity contribution in [2.75, 3.05) is 20.1 Å². The summed E-state index contributed by atoms with van der Waals surface area (Å²) in [5, 5.41) is 13.9. The van der Waals surface area contributed by atoms with Crippen LogP contribution >= 0.6 is 0 Å². The highest BCUT2D eigenvalue weighted by atomic mass is 16.3. The number of ketones is 1. The van der Waals surface area contributed by atoms with Crippen LogP contribution in [0.2, 0.25) is 0 Å². The molecule has 0 aromatic heterocycles. The molecule has 2 rings (SSSR count). The van der Waals surface area contributed by atoms with E-state index in [-0.39, 0.29) is 12.1 Å². The van der Waals surface area contributed by atoms with Crippen molar-refractivity contribution < 1.29 is 9.90 Å². The zero-order chi connectivity index (χ0) is 16.7. The van der Waals surface area contributed by atoms with Gasteiger partial charge in [0.25, 0.3) is 0 Å². The standard InChI is InChI=1S/C19H30N2O2/c1-3-8-18(22)17-11-7-12-21(17)14-19(23)16(20-2)13-15-9-5-4-6-10-15/h4-6,9-10,16-17,19-20,23H,3,7-8,11-14H2,1-2H3. The molecule has 0 radical (unpaired) electrons. The number of likely N-dealkylation sites (N-methyl/N-ethyl adjacent to an activating group) is 1. The summed E-state index contributed by atoms with van der Waals surface area (Å²) in [6, 6.07) is 10.2. The van der Waals surface area contributed by atoms with Gasteiger partial charge in [-0.25, -0.2) is 0 Å². The minimum Gasteiger partial charge on any atom is -0.390 e. The number of benzene rings is 1. The molecular weight excluding hydrogens is 288 g/mol. The lowest BCUT2D eigenvalue weighted by molar-refractivity contribution is -0.123. The number of nitrogens with zero attached hydrogens (tertiary/aromatic N) is 1. The average molecular weight is 318 g/mol. The summed E-state index contributed by atoms with van der Waals surface area (Å²) in [4.78, 5) is 14.4. The number of hydrogen-bond donors (Lipinski definition) is 2. The van der Waals surface area contributed by atoms with E-state index < -0.39 is 6.10 Å². The van der Waals surface area contributed by atoms with E-state index in [4.69, 9.17) is 0 Å². The molecule has 0 spiro atoms. The summed E-state index contributed by atoms with van der Waals surface area (Å²) in [6.07, 6.45) is 3.86. The van der Waals surface area contributed by atoms with E-state index in [0.29, 0.717) is 18.7 Å². The van der Waals surface area contributed by atoms with E-state index in [1.165, 1.54) is 5.56 Å². The summed E-state index contributed by atoms with van der Waals surface area (Å²) < 4.78 is 0. The highest BCUT2D eigenvalue weighted by molar-refractivity contribution is 5.84. The van der Waals surface area contributed by atoms with Crippen LogP contribution in [0.25, 0.3) is 0 Å². The molecule has 4 heteroatoms. The first kappa shape index (κ1) is 18.1. The molecule has 4 nitrogen and oxygen atoms in total. The van der Waals surface area contributed by atoms with Crippen molar-refractivity contribution in [3.05, 3.63) is 35.9 Å². The Hall–Kier alpha value is -1.23. The number of likely N-dealkylation sites (tertiary alicyclic amines) is 1. The van der Waals surface area contributed by atoms with Crippen LogP contribution in [0.4, 0.5) is 0 Å². The molecule has 1 saturated heterocycles. The fourth-order valence-electron chi connectivity index (χ4n) is 3.49. The van der Waals surface area contributed by atoms with Crippen molar-refractivity contribution in [1.29, 1.82) is 0 Å². The molecule has 0 amide bonds. The van der Waals surface area contributed by atoms with E-state index >= 15 is 0 Å². The number of rotatable bonds is 9. The lowest BCUT2D eigenvalue weighted by Gasteiger charge is -2.30. The summed E-state index contributed by atoms with van der Waals surface area (Å²) in [5.74, 6) is 0.335. The van der Waals surface area contributed by atoms with Crippen LogP contribution in [0.15, 0.2) is 30.3 Å². The Morgan fingerprint density at radius 2 is 2.13 bits per heavy atom. The second-order valence-electron chi connectivity index (χ2n) is 6.52. The normalized spacial score (nSPS) is 21.3. The number of β-amino-alcohol motifs (C(OH)–C–C–N with tert-alkyl or cyclic N) is 1. The van der Waals surface area contributed by atoms with Crippen molar-refractivity contribution in [3.8, 4) is 0 Å². The molecule has 23 heavy (non-hydrogen) atoms. The average Bonchev–Trinajstić information content (AvgIpc) is 3.02. The summed E-state index contributed by atoms with van der Waals surface area (Å²) in [5.41, 5.74) is 1.21. The molecule has 1 aliphatic heterocycles. The highest BCUT2D eigenvalue weighted by Crippen LogP contribution is 2.21. The summed E-state index contributed by atoms with van der Waals surface area (Å²) >= 11 is 0. The van der Waals surface area contributed by atoms with Crippen LogP contribution in [0.5, 0.6) is 0 Å². The number of carbonyl (C=O) groups is 1. The van der Waals surface area contributed by atoms with Crippen LogP contribution in [-0.2, 0) is 11.2 Å². The van der Waals surface area contributed by atoms with Gasteiger partial charge in [0.05, 0.1) is 12.1 Å². The molecule has 0 aliphatic carbocycles. The van der Waals surface area contributed by atoms with Crippen LogP contribution < -0.4 is 5.32 Å². The molecule has 1 fully saturated rings. The lowest BCUT2D eigenvalue weighted by atomic mass is 10.00. The van der Waals surface area contributed by atoms with Crippen LogP contribution in [-0.4, -0.2) is 54.1 Å². The smallest absolute Gasteiger partial charge is 0.149 e. The van der Waals surface area contributed by atoms with Gasteiger partial charge >= 0.3 is 0 Å². The molecule has 0 bridgehead atoms. The fraction of sp³-hybridized carbons (Fsp3) is 0.632. The van der Waals surface area contributed by atoms with Gasteiger partial charge in [0, 0.05) is 19.0 Å². The van der Waals surface area contributed by atoms with Gasteiger partial charge in [0.15, 0.2) is 0 Å². The number of aliphatic hydroxyl groups is 1. The summed E-state index contributed by atoms with van der Waals surface area (Å²) in [6.45, 7) is 3.53. The van der Waals surface area contributed by atoms with E-state index in [0.717, 1.165) is 32.2 Å². The second-order valence-corrected chi connectivity index (χ2v) is 6.52. The SMILES string of the molecule is CCCC(=O)C1CCCN1CC(O)C(Cc1ccccc1)NC. The fourth-order valence-corrected chi connectivity index (χ4v) is 3.49. The molecule has 1 aliphatic rings. The van der Waals surface area contributed by atoms with Crippen molar-refractivity contribution >= 4 is 5.78 Å². The number of nitrogens with one attached hydrogen (secondary N) is 1. The van der Waals surface area contributed by atoms with E-state index in [1.54, 1.807) is 0 Å². The van der Waals surface area contributed by atoms with Crippen molar-refractivity contribution in [3.63, 3.8) is 0 Å². The number of aliphatic hydroxyl groups excluding tert-OH is 1. The minimum absolute atomic E-state index is 0.0000674. The third-order valence-corrected chi connectivity index (χ3v) is 4.79. The molecule has 1 aromatic carbocycles. The Balaban J connectivity index is 1.93. The first-order valence-electron chi connectivity index (χ1n) is 8.81. The van der Waals surface area contributed by atoms with E-state index in [2.05, 4.69) is 22.3 Å². The molecular formula is C19H30N2O2. The number of Topliss-reactive ketones (excluding diaryl/α,β-unsaturated/α-hetero) is 1. The first-order chi connectivity index (χ1) is 11.2. The molecule has 3 unspecified atom stereocenters. The van der Waals surface area contributed by atoms with Crippen molar-refractivity contribution in [2.24, 2.45) is 0 Å². The van der Waals surface area contributed by atoms with Gasteiger partial charge in [-0.2, -0.15) is 0 Å². The van der Waals surface area contributed by atoms with Crippen LogP contribution in [0.3, 0.4) is 0 Å². The molecule has 128 valence electrons. The Morgan fingerprint density at radius 3 is 2.78 bits per heavy atom. The zero-order valence-corrected chi connectivity index (χ0v) is 14.4. The molecule has 3 atom stereocenters. The van der Waals surface area contributed by atoms with E-state index in [1.807, 2.05) is 32.2 Å². The van der Waals surface area contributed by atoms with Crippen molar-refractivity contribution in [1.82, 2.24) is 10.2 Å². The van der Waals surface area contributed by atoms with Crippen LogP contribution in [0, 0.1) is 0 Å². The monoisotopic (exact) mass is 318 g/mol. The largest absolute Gasteiger partial charge is 0.390 e. The Kier molecular flexibility index (Phi) is 7.21.